The van der Waals surface area contributed by atoms with Gasteiger partial charge >= 0.3 is 11.9 Å². The van der Waals surface area contributed by atoms with E-state index in [0.29, 0.717) is 40.6 Å². The van der Waals surface area contributed by atoms with Gasteiger partial charge in [0.15, 0.2) is 5.76 Å². The fraction of sp³-hybridized carbons (Fsp3) is 0.214. The van der Waals surface area contributed by atoms with Gasteiger partial charge in [-0.3, -0.25) is 9.48 Å². The topological polar surface area (TPSA) is 122 Å². The highest BCUT2D eigenvalue weighted by Crippen LogP contribution is 2.23. The molecule has 0 aliphatic rings. The van der Waals surface area contributed by atoms with E-state index in [4.69, 9.17) is 13.9 Å². The van der Waals surface area contributed by atoms with Gasteiger partial charge in [0.2, 0.25) is 0 Å². The van der Waals surface area contributed by atoms with Crippen LogP contribution >= 0.6 is 0 Å². The molecular formula is C28H27N3O7. The molecule has 0 radical (unpaired) electrons. The normalized spacial score (nSPS) is 10.6. The van der Waals surface area contributed by atoms with Crippen LogP contribution in [0.4, 0.5) is 5.69 Å². The number of carbonyl (C=O) groups is 3. The summed E-state index contributed by atoms with van der Waals surface area (Å²) < 4.78 is 22.6. The van der Waals surface area contributed by atoms with Crippen LogP contribution in [0.1, 0.15) is 54.0 Å². The predicted octanol–water partition coefficient (Wildman–Crippen LogP) is 4.55. The fourth-order valence-electron chi connectivity index (χ4n) is 3.87. The SMILES string of the molecule is COC(=O)c1ccc(OCc2ccc(C(=O)Nc3c(C)nn(Cc4ccccc4C(=O)OC)c3C)o2)cc1. The molecule has 38 heavy (non-hydrogen) atoms. The molecule has 4 aromatic rings. The number of hydrogen-bond acceptors (Lipinski definition) is 8. The lowest BCUT2D eigenvalue weighted by Crippen LogP contribution is -2.13. The van der Waals surface area contributed by atoms with Crippen molar-refractivity contribution in [2.45, 2.75) is 27.0 Å². The largest absolute Gasteiger partial charge is 0.486 e. The molecule has 0 bridgehead atoms. The Morgan fingerprint density at radius 2 is 1.63 bits per heavy atom. The van der Waals surface area contributed by atoms with Gasteiger partial charge in [0.1, 0.15) is 18.1 Å². The molecule has 10 nitrogen and oxygen atoms in total. The first-order valence-electron chi connectivity index (χ1n) is 11.7. The minimum atomic E-state index is -0.431. The van der Waals surface area contributed by atoms with Crippen LogP contribution in [0.15, 0.2) is 65.1 Å². The summed E-state index contributed by atoms with van der Waals surface area (Å²) in [5.74, 6) is -0.179. The molecule has 0 atom stereocenters. The molecule has 2 aromatic heterocycles. The summed E-state index contributed by atoms with van der Waals surface area (Å²) in [6, 6.07) is 16.9. The van der Waals surface area contributed by atoms with Gasteiger partial charge in [-0.2, -0.15) is 5.10 Å². The van der Waals surface area contributed by atoms with Gasteiger partial charge in [0, 0.05) is 0 Å². The Labute approximate surface area is 219 Å². The van der Waals surface area contributed by atoms with E-state index in [1.54, 1.807) is 60.1 Å². The van der Waals surface area contributed by atoms with E-state index < -0.39 is 17.8 Å². The first-order chi connectivity index (χ1) is 18.3. The van der Waals surface area contributed by atoms with E-state index in [1.807, 2.05) is 19.1 Å². The second-order valence-corrected chi connectivity index (χ2v) is 8.38. The second kappa shape index (κ2) is 11.5. The van der Waals surface area contributed by atoms with E-state index >= 15 is 0 Å². The smallest absolute Gasteiger partial charge is 0.338 e. The molecule has 0 saturated carbocycles. The van der Waals surface area contributed by atoms with Crippen molar-refractivity contribution in [2.75, 3.05) is 19.5 Å². The maximum absolute atomic E-state index is 12.9. The number of benzene rings is 2. The Hall–Kier alpha value is -4.86. The van der Waals surface area contributed by atoms with Gasteiger partial charge in [0.05, 0.1) is 49.0 Å². The number of hydrogen-bond donors (Lipinski definition) is 1. The standard InChI is InChI=1S/C28H27N3O7/c1-17-25(18(2)31(30-17)15-20-7-5-6-8-23(20)28(34)36-4)29-26(32)24-14-13-22(38-24)16-37-21-11-9-19(10-12-21)27(33)35-3/h5-14H,15-16H2,1-4H3,(H,29,32). The number of amides is 1. The highest BCUT2D eigenvalue weighted by molar-refractivity contribution is 6.03. The Morgan fingerprint density at radius 3 is 2.34 bits per heavy atom. The minimum absolute atomic E-state index is 0.0977. The lowest BCUT2D eigenvalue weighted by molar-refractivity contribution is 0.0591. The Kier molecular flexibility index (Phi) is 7.91. The molecular weight excluding hydrogens is 490 g/mol. The number of nitrogens with one attached hydrogen (secondary N) is 1. The number of furan rings is 1. The summed E-state index contributed by atoms with van der Waals surface area (Å²) in [5.41, 5.74) is 3.53. The molecule has 2 aromatic carbocycles. The van der Waals surface area contributed by atoms with Crippen molar-refractivity contribution in [1.82, 2.24) is 9.78 Å². The zero-order valence-electron chi connectivity index (χ0n) is 21.4. The van der Waals surface area contributed by atoms with E-state index in [9.17, 15) is 14.4 Å². The first-order valence-corrected chi connectivity index (χ1v) is 11.7. The van der Waals surface area contributed by atoms with Gasteiger partial charge in [-0.25, -0.2) is 9.59 Å². The van der Waals surface area contributed by atoms with Crippen molar-refractivity contribution in [1.29, 1.82) is 0 Å². The number of aromatic nitrogens is 2. The molecule has 1 amide bonds. The summed E-state index contributed by atoms with van der Waals surface area (Å²) >= 11 is 0. The highest BCUT2D eigenvalue weighted by Gasteiger charge is 2.19. The van der Waals surface area contributed by atoms with Gasteiger partial charge in [-0.05, 0) is 61.9 Å². The Bertz CT molecular complexity index is 1470. The maximum Gasteiger partial charge on any atom is 0.338 e. The average Bonchev–Trinajstić information content (AvgIpc) is 3.52. The van der Waals surface area contributed by atoms with Crippen LogP contribution in [0.3, 0.4) is 0 Å². The number of methoxy groups -OCH3 is 2. The van der Waals surface area contributed by atoms with Crippen LogP contribution < -0.4 is 10.1 Å². The van der Waals surface area contributed by atoms with E-state index in [0.717, 1.165) is 11.3 Å². The van der Waals surface area contributed by atoms with Crippen LogP contribution in [-0.4, -0.2) is 41.8 Å². The summed E-state index contributed by atoms with van der Waals surface area (Å²) in [6.07, 6.45) is 0. The maximum atomic E-state index is 12.9. The lowest BCUT2D eigenvalue weighted by atomic mass is 10.1. The molecule has 0 saturated heterocycles. The Morgan fingerprint density at radius 1 is 0.921 bits per heavy atom. The van der Waals surface area contributed by atoms with E-state index in [1.165, 1.54) is 14.2 Å². The number of carbonyl (C=O) groups excluding carboxylic acids is 3. The van der Waals surface area contributed by atoms with Crippen molar-refractivity contribution >= 4 is 23.5 Å². The third-order valence-electron chi connectivity index (χ3n) is 5.90. The van der Waals surface area contributed by atoms with Crippen LogP contribution in [0.5, 0.6) is 5.75 Å². The molecule has 196 valence electrons. The molecule has 0 aliphatic carbocycles. The molecule has 10 heteroatoms. The van der Waals surface area contributed by atoms with Crippen molar-refractivity contribution in [3.8, 4) is 5.75 Å². The molecule has 1 N–H and O–H groups in total. The second-order valence-electron chi connectivity index (χ2n) is 8.38. The summed E-state index contributed by atoms with van der Waals surface area (Å²) in [6.45, 7) is 4.05. The summed E-state index contributed by atoms with van der Waals surface area (Å²) in [5, 5.41) is 7.41. The minimum Gasteiger partial charge on any atom is -0.486 e. The van der Waals surface area contributed by atoms with Crippen molar-refractivity contribution < 1.29 is 33.0 Å². The van der Waals surface area contributed by atoms with Gasteiger partial charge in [-0.1, -0.05) is 18.2 Å². The zero-order valence-corrected chi connectivity index (χ0v) is 21.4. The average molecular weight is 518 g/mol. The van der Waals surface area contributed by atoms with Crippen LogP contribution in [0.2, 0.25) is 0 Å². The molecule has 2 heterocycles. The lowest BCUT2D eigenvalue weighted by Gasteiger charge is -2.10. The molecule has 0 fully saturated rings. The van der Waals surface area contributed by atoms with Crippen molar-refractivity contribution in [3.63, 3.8) is 0 Å². The Balaban J connectivity index is 1.41. The zero-order chi connectivity index (χ0) is 27.2. The first kappa shape index (κ1) is 26.2. The number of aryl methyl sites for hydroxylation is 1. The van der Waals surface area contributed by atoms with Gasteiger partial charge < -0.3 is 23.9 Å². The number of rotatable bonds is 9. The van der Waals surface area contributed by atoms with E-state index in [2.05, 4.69) is 15.2 Å². The van der Waals surface area contributed by atoms with Gasteiger partial charge in [-0.15, -0.1) is 0 Å². The number of anilines is 1. The highest BCUT2D eigenvalue weighted by atomic mass is 16.5. The molecule has 0 spiro atoms. The third-order valence-corrected chi connectivity index (χ3v) is 5.90. The number of ether oxygens (including phenoxy) is 3. The van der Waals surface area contributed by atoms with Crippen molar-refractivity contribution in [2.24, 2.45) is 0 Å². The quantitative estimate of drug-likeness (QED) is 0.321. The van der Waals surface area contributed by atoms with Crippen LogP contribution in [0, 0.1) is 13.8 Å². The number of esters is 2. The monoisotopic (exact) mass is 517 g/mol. The molecule has 4 rings (SSSR count). The fourth-order valence-corrected chi connectivity index (χ4v) is 3.87. The summed E-state index contributed by atoms with van der Waals surface area (Å²) in [7, 11) is 2.66. The van der Waals surface area contributed by atoms with Gasteiger partial charge in [0.25, 0.3) is 5.91 Å². The van der Waals surface area contributed by atoms with Crippen LogP contribution in [-0.2, 0) is 22.6 Å². The predicted molar refractivity (Wildman–Crippen MR) is 137 cm³/mol. The molecule has 0 aliphatic heterocycles. The van der Waals surface area contributed by atoms with Crippen molar-refractivity contribution in [3.05, 3.63) is 100 Å². The molecule has 0 unspecified atom stereocenters. The third kappa shape index (κ3) is 5.75. The van der Waals surface area contributed by atoms with Crippen LogP contribution in [0.25, 0.3) is 0 Å². The van der Waals surface area contributed by atoms with E-state index in [-0.39, 0.29) is 12.4 Å². The number of nitrogens with zero attached hydrogens (tertiary/aromatic N) is 2. The summed E-state index contributed by atoms with van der Waals surface area (Å²) in [4.78, 5) is 36.6.